The van der Waals surface area contributed by atoms with Crippen molar-refractivity contribution in [3.05, 3.63) is 80.9 Å². The zero-order chi connectivity index (χ0) is 26.7. The van der Waals surface area contributed by atoms with E-state index in [2.05, 4.69) is 10.6 Å². The highest BCUT2D eigenvalue weighted by atomic mass is 19.1. The standard InChI is InChI=1S/C25H26FN5O5/c1-13-8-9-18(17(26)10-13)29-23-19(24(35)28-3)20(14(2)25(36)30(23)4)31(12-32)16-7-5-6-15(11-16)21(33)22(27)34/h5-12,21,29,33H,1-4H3,(H2,27,34)(H,28,35). The number of nitrogens with zero attached hydrogens (tertiary/aromatic N) is 2. The van der Waals surface area contributed by atoms with E-state index < -0.39 is 29.3 Å². The second-order valence-corrected chi connectivity index (χ2v) is 8.12. The molecule has 1 aromatic heterocycles. The van der Waals surface area contributed by atoms with Gasteiger partial charge in [0.2, 0.25) is 6.41 Å². The number of aryl methyl sites for hydroxylation is 1. The van der Waals surface area contributed by atoms with Gasteiger partial charge in [-0.3, -0.25) is 28.6 Å². The summed E-state index contributed by atoms with van der Waals surface area (Å²) >= 11 is 0. The molecule has 0 aliphatic rings. The number of anilines is 4. The van der Waals surface area contributed by atoms with E-state index in [1.165, 1.54) is 57.4 Å². The topological polar surface area (TPSA) is 147 Å². The van der Waals surface area contributed by atoms with Gasteiger partial charge in [0.1, 0.15) is 17.2 Å². The van der Waals surface area contributed by atoms with Crippen LogP contribution in [0.3, 0.4) is 0 Å². The number of aromatic nitrogens is 1. The average Bonchev–Trinajstić information content (AvgIpc) is 2.86. The third-order valence-electron chi connectivity index (χ3n) is 5.70. The van der Waals surface area contributed by atoms with Crippen molar-refractivity contribution in [1.82, 2.24) is 9.88 Å². The van der Waals surface area contributed by atoms with Gasteiger partial charge >= 0.3 is 0 Å². The number of amides is 3. The molecule has 0 saturated heterocycles. The van der Waals surface area contributed by atoms with Crippen LogP contribution in [0, 0.1) is 19.7 Å². The number of carbonyl (C=O) groups is 3. The monoisotopic (exact) mass is 495 g/mol. The molecule has 1 unspecified atom stereocenters. The predicted molar refractivity (Wildman–Crippen MR) is 133 cm³/mol. The molecule has 3 aromatic rings. The Balaban J connectivity index is 2.32. The van der Waals surface area contributed by atoms with Gasteiger partial charge in [-0.25, -0.2) is 4.39 Å². The first-order valence-corrected chi connectivity index (χ1v) is 10.8. The Morgan fingerprint density at radius 2 is 1.89 bits per heavy atom. The molecule has 0 saturated carbocycles. The van der Waals surface area contributed by atoms with E-state index in [0.29, 0.717) is 12.0 Å². The summed E-state index contributed by atoms with van der Waals surface area (Å²) in [6.45, 7) is 3.16. The first-order chi connectivity index (χ1) is 17.0. The van der Waals surface area contributed by atoms with Gasteiger partial charge in [-0.1, -0.05) is 18.2 Å². The summed E-state index contributed by atoms with van der Waals surface area (Å²) in [4.78, 5) is 51.1. The van der Waals surface area contributed by atoms with Crippen molar-refractivity contribution in [2.75, 3.05) is 17.3 Å². The number of primary amides is 1. The maximum absolute atomic E-state index is 14.7. The van der Waals surface area contributed by atoms with Crippen LogP contribution in [0.2, 0.25) is 0 Å². The first-order valence-electron chi connectivity index (χ1n) is 10.8. The Labute approximate surface area is 206 Å². The average molecular weight is 496 g/mol. The fourth-order valence-corrected chi connectivity index (χ4v) is 3.81. The van der Waals surface area contributed by atoms with Crippen LogP contribution in [0.1, 0.15) is 33.2 Å². The Morgan fingerprint density at radius 3 is 2.47 bits per heavy atom. The normalized spacial score (nSPS) is 11.5. The van der Waals surface area contributed by atoms with E-state index in [-0.39, 0.29) is 39.6 Å². The summed E-state index contributed by atoms with van der Waals surface area (Å²) in [5.41, 5.74) is 5.47. The molecule has 5 N–H and O–H groups in total. The first kappa shape index (κ1) is 26.1. The molecule has 11 heteroatoms. The number of aliphatic hydroxyl groups excluding tert-OH is 1. The summed E-state index contributed by atoms with van der Waals surface area (Å²) in [5, 5.41) is 15.4. The lowest BCUT2D eigenvalue weighted by atomic mass is 10.0. The van der Waals surface area contributed by atoms with Crippen LogP contribution in [-0.4, -0.2) is 34.9 Å². The summed E-state index contributed by atoms with van der Waals surface area (Å²) in [6.07, 6.45) is -1.25. The zero-order valence-electron chi connectivity index (χ0n) is 20.1. The van der Waals surface area contributed by atoms with Crippen LogP contribution in [0.25, 0.3) is 0 Å². The maximum atomic E-state index is 14.7. The summed E-state index contributed by atoms with van der Waals surface area (Å²) in [6, 6.07) is 10.2. The SMILES string of the molecule is CNC(=O)c1c(N(C=O)c2cccc(C(O)C(N)=O)c2)c(C)c(=O)n(C)c1Nc1ccc(C)cc1F. The summed E-state index contributed by atoms with van der Waals surface area (Å²) in [5.74, 6) is -2.30. The number of halogens is 1. The highest BCUT2D eigenvalue weighted by Gasteiger charge is 2.28. The largest absolute Gasteiger partial charge is 0.378 e. The molecule has 2 aromatic carbocycles. The smallest absolute Gasteiger partial charge is 0.256 e. The summed E-state index contributed by atoms with van der Waals surface area (Å²) in [7, 11) is 2.78. The van der Waals surface area contributed by atoms with Crippen molar-refractivity contribution < 1.29 is 23.9 Å². The molecule has 1 atom stereocenters. The van der Waals surface area contributed by atoms with Crippen molar-refractivity contribution in [3.63, 3.8) is 0 Å². The molecule has 0 aliphatic carbocycles. The Kier molecular flexibility index (Phi) is 7.54. The molecular formula is C25H26FN5O5. The minimum Gasteiger partial charge on any atom is -0.378 e. The van der Waals surface area contributed by atoms with Gasteiger partial charge in [0, 0.05) is 25.3 Å². The molecule has 1 heterocycles. The lowest BCUT2D eigenvalue weighted by Crippen LogP contribution is -2.33. The van der Waals surface area contributed by atoms with Gasteiger partial charge in [-0.15, -0.1) is 0 Å². The van der Waals surface area contributed by atoms with Crippen LogP contribution >= 0.6 is 0 Å². The van der Waals surface area contributed by atoms with Crippen LogP contribution in [0.5, 0.6) is 0 Å². The number of nitrogens with one attached hydrogen (secondary N) is 2. The van der Waals surface area contributed by atoms with Gasteiger partial charge in [0.15, 0.2) is 6.10 Å². The minimum absolute atomic E-state index is 0.0137. The molecule has 36 heavy (non-hydrogen) atoms. The van der Waals surface area contributed by atoms with Gasteiger partial charge in [-0.2, -0.15) is 0 Å². The third kappa shape index (κ3) is 4.82. The third-order valence-corrected chi connectivity index (χ3v) is 5.70. The highest BCUT2D eigenvalue weighted by molar-refractivity contribution is 6.08. The molecule has 0 radical (unpaired) electrons. The predicted octanol–water partition coefficient (Wildman–Crippen LogP) is 2.06. The van der Waals surface area contributed by atoms with Crippen molar-refractivity contribution in [1.29, 1.82) is 0 Å². The fourth-order valence-electron chi connectivity index (χ4n) is 3.81. The Bertz CT molecular complexity index is 1420. The van der Waals surface area contributed by atoms with E-state index >= 15 is 0 Å². The lowest BCUT2D eigenvalue weighted by Gasteiger charge is -2.26. The van der Waals surface area contributed by atoms with E-state index in [1.54, 1.807) is 13.0 Å². The Hall–Kier alpha value is -4.51. The van der Waals surface area contributed by atoms with Crippen LogP contribution in [0.4, 0.5) is 27.3 Å². The van der Waals surface area contributed by atoms with Gasteiger partial charge in [0.05, 0.1) is 11.4 Å². The van der Waals surface area contributed by atoms with E-state index in [0.717, 1.165) is 9.47 Å². The number of hydrogen-bond donors (Lipinski definition) is 4. The molecule has 3 rings (SSSR count). The molecule has 0 spiro atoms. The highest BCUT2D eigenvalue weighted by Crippen LogP contribution is 2.35. The second kappa shape index (κ2) is 10.4. The molecule has 0 fully saturated rings. The number of rotatable bonds is 8. The quantitative estimate of drug-likeness (QED) is 0.352. The van der Waals surface area contributed by atoms with Crippen molar-refractivity contribution >= 4 is 41.1 Å². The minimum atomic E-state index is -1.64. The lowest BCUT2D eigenvalue weighted by molar-refractivity contribution is -0.126. The molecule has 10 nitrogen and oxygen atoms in total. The van der Waals surface area contributed by atoms with Crippen LogP contribution < -0.4 is 26.8 Å². The van der Waals surface area contributed by atoms with E-state index in [1.807, 2.05) is 0 Å². The molecule has 0 aliphatic heterocycles. The number of carbonyl (C=O) groups excluding carboxylic acids is 3. The summed E-state index contributed by atoms with van der Waals surface area (Å²) < 4.78 is 15.8. The molecule has 3 amide bonds. The van der Waals surface area contributed by atoms with Crippen LogP contribution in [0.15, 0.2) is 47.3 Å². The molecular weight excluding hydrogens is 469 g/mol. The van der Waals surface area contributed by atoms with E-state index in [9.17, 15) is 28.7 Å². The second-order valence-electron chi connectivity index (χ2n) is 8.12. The number of aliphatic hydroxyl groups is 1. The van der Waals surface area contributed by atoms with Crippen molar-refractivity contribution in [3.8, 4) is 0 Å². The van der Waals surface area contributed by atoms with E-state index in [4.69, 9.17) is 5.73 Å². The Morgan fingerprint density at radius 1 is 1.19 bits per heavy atom. The zero-order valence-corrected chi connectivity index (χ0v) is 20.1. The molecule has 188 valence electrons. The van der Waals surface area contributed by atoms with Crippen molar-refractivity contribution in [2.24, 2.45) is 12.8 Å². The van der Waals surface area contributed by atoms with Gasteiger partial charge in [0.25, 0.3) is 17.4 Å². The van der Waals surface area contributed by atoms with Crippen LogP contribution in [-0.2, 0) is 16.6 Å². The fraction of sp³-hybridized carbons (Fsp3) is 0.200. The number of pyridine rings is 1. The number of benzene rings is 2. The molecule has 0 bridgehead atoms. The number of hydrogen-bond acceptors (Lipinski definition) is 6. The van der Waals surface area contributed by atoms with Crippen molar-refractivity contribution in [2.45, 2.75) is 20.0 Å². The van der Waals surface area contributed by atoms with Gasteiger partial charge in [-0.05, 0) is 49.2 Å². The maximum Gasteiger partial charge on any atom is 0.256 e. The van der Waals surface area contributed by atoms with Gasteiger partial charge < -0.3 is 21.5 Å². The number of nitrogens with two attached hydrogens (primary N) is 1.